The van der Waals surface area contributed by atoms with Crippen LogP contribution in [0.15, 0.2) is 53.5 Å². The van der Waals surface area contributed by atoms with Gasteiger partial charge in [0.2, 0.25) is 0 Å². The van der Waals surface area contributed by atoms with Gasteiger partial charge < -0.3 is 9.30 Å². The van der Waals surface area contributed by atoms with Crippen LogP contribution in [-0.4, -0.2) is 38.6 Å². The van der Waals surface area contributed by atoms with Crippen LogP contribution >= 0.6 is 15.9 Å². The Hall–Kier alpha value is -2.29. The molecule has 0 radical (unpaired) electrons. The monoisotopic (exact) mass is 483 g/mol. The van der Waals surface area contributed by atoms with Crippen molar-refractivity contribution in [2.24, 2.45) is 0 Å². The summed E-state index contributed by atoms with van der Waals surface area (Å²) in [5.74, 6) is 0.945. The Morgan fingerprint density at radius 1 is 1.07 bits per heavy atom. The Balaban J connectivity index is 1.60. The van der Waals surface area contributed by atoms with Crippen LogP contribution in [0.3, 0.4) is 0 Å². The standard InChI is InChI=1S/C22H26BrN5OSi/c1-16-24-13-19(28(16)15-29-10-11-30(2,3)4)17-8-9-27-20(14-25-22(27)12-17)18-6-5-7-21(23)26-18/h5-9,12-14H,10-11,15H2,1-4H3. The first-order valence-electron chi connectivity index (χ1n) is 10.0. The highest BCUT2D eigenvalue weighted by molar-refractivity contribution is 9.10. The normalized spacial score (nSPS) is 12.0. The molecule has 0 N–H and O–H groups in total. The Labute approximate surface area is 186 Å². The molecule has 4 heterocycles. The molecular weight excluding hydrogens is 458 g/mol. The maximum absolute atomic E-state index is 5.98. The number of hydrogen-bond donors (Lipinski definition) is 0. The molecule has 6 nitrogen and oxygen atoms in total. The van der Waals surface area contributed by atoms with E-state index < -0.39 is 8.07 Å². The van der Waals surface area contributed by atoms with Crippen molar-refractivity contribution in [3.8, 4) is 22.6 Å². The second-order valence-electron chi connectivity index (χ2n) is 8.60. The van der Waals surface area contributed by atoms with Crippen LogP contribution in [0.25, 0.3) is 28.3 Å². The van der Waals surface area contributed by atoms with Crippen molar-refractivity contribution in [1.82, 2.24) is 23.9 Å². The van der Waals surface area contributed by atoms with E-state index in [-0.39, 0.29) is 0 Å². The molecule has 4 aromatic heterocycles. The van der Waals surface area contributed by atoms with Gasteiger partial charge in [-0.15, -0.1) is 0 Å². The number of halogens is 1. The number of pyridine rings is 2. The van der Waals surface area contributed by atoms with Crippen molar-refractivity contribution in [1.29, 1.82) is 0 Å². The molecule has 0 saturated heterocycles. The first-order chi connectivity index (χ1) is 14.3. The van der Waals surface area contributed by atoms with Gasteiger partial charge in [0.1, 0.15) is 22.8 Å². The molecule has 0 aromatic carbocycles. The molecule has 0 unspecified atom stereocenters. The predicted octanol–water partition coefficient (Wildman–Crippen LogP) is 5.64. The summed E-state index contributed by atoms with van der Waals surface area (Å²) in [5, 5.41) is 0. The van der Waals surface area contributed by atoms with E-state index >= 15 is 0 Å². The summed E-state index contributed by atoms with van der Waals surface area (Å²) < 4.78 is 11.0. The fraction of sp³-hybridized carbons (Fsp3) is 0.318. The summed E-state index contributed by atoms with van der Waals surface area (Å²) >= 11 is 3.44. The Kier molecular flexibility index (Phi) is 5.90. The maximum atomic E-state index is 5.98. The highest BCUT2D eigenvalue weighted by Crippen LogP contribution is 2.26. The first kappa shape index (κ1) is 21.0. The number of aryl methyl sites for hydroxylation is 1. The minimum absolute atomic E-state index is 0.512. The highest BCUT2D eigenvalue weighted by atomic mass is 79.9. The molecular formula is C22H26BrN5OSi. The average Bonchev–Trinajstić information content (AvgIpc) is 3.27. The van der Waals surface area contributed by atoms with Crippen molar-refractivity contribution in [3.05, 3.63) is 59.3 Å². The van der Waals surface area contributed by atoms with Gasteiger partial charge in [0.05, 0.1) is 29.5 Å². The van der Waals surface area contributed by atoms with E-state index in [1.54, 1.807) is 0 Å². The quantitative estimate of drug-likeness (QED) is 0.193. The van der Waals surface area contributed by atoms with Crippen LogP contribution in [0.2, 0.25) is 25.7 Å². The van der Waals surface area contributed by atoms with Crippen LogP contribution in [-0.2, 0) is 11.5 Å². The van der Waals surface area contributed by atoms with Gasteiger partial charge in [-0.1, -0.05) is 25.7 Å². The molecule has 4 aromatic rings. The van der Waals surface area contributed by atoms with E-state index in [1.807, 2.05) is 43.7 Å². The van der Waals surface area contributed by atoms with E-state index in [4.69, 9.17) is 4.74 Å². The lowest BCUT2D eigenvalue weighted by Gasteiger charge is -2.16. The van der Waals surface area contributed by atoms with Crippen LogP contribution < -0.4 is 0 Å². The van der Waals surface area contributed by atoms with Crippen molar-refractivity contribution in [3.63, 3.8) is 0 Å². The number of ether oxygens (including phenoxy) is 1. The molecule has 0 fully saturated rings. The second-order valence-corrected chi connectivity index (χ2v) is 15.0. The Morgan fingerprint density at radius 3 is 2.63 bits per heavy atom. The highest BCUT2D eigenvalue weighted by Gasteiger charge is 2.15. The third-order valence-corrected chi connectivity index (χ3v) is 7.20. The molecule has 0 aliphatic carbocycles. The largest absolute Gasteiger partial charge is 0.361 e. The molecule has 4 rings (SSSR count). The molecule has 0 bridgehead atoms. The summed E-state index contributed by atoms with van der Waals surface area (Å²) in [5.41, 5.74) is 4.80. The Bertz CT molecular complexity index is 1180. The fourth-order valence-corrected chi connectivity index (χ4v) is 4.38. The molecule has 0 saturated carbocycles. The number of nitrogens with zero attached hydrogens (tertiary/aromatic N) is 5. The van der Waals surface area contributed by atoms with Gasteiger partial charge in [-0.25, -0.2) is 15.0 Å². The van der Waals surface area contributed by atoms with Crippen LogP contribution in [0.5, 0.6) is 0 Å². The number of imidazole rings is 2. The third-order valence-electron chi connectivity index (χ3n) is 5.06. The van der Waals surface area contributed by atoms with Gasteiger partial charge in [0, 0.05) is 26.4 Å². The summed E-state index contributed by atoms with van der Waals surface area (Å²) in [7, 11) is -1.10. The van der Waals surface area contributed by atoms with E-state index in [2.05, 4.69) is 71.6 Å². The number of fused-ring (bicyclic) bond motifs is 1. The van der Waals surface area contributed by atoms with Gasteiger partial charge in [0.25, 0.3) is 0 Å². The summed E-state index contributed by atoms with van der Waals surface area (Å²) in [6.07, 6.45) is 5.80. The summed E-state index contributed by atoms with van der Waals surface area (Å²) in [4.78, 5) is 13.7. The summed E-state index contributed by atoms with van der Waals surface area (Å²) in [6.45, 7) is 10.4. The summed E-state index contributed by atoms with van der Waals surface area (Å²) in [6, 6.07) is 11.2. The first-order valence-corrected chi connectivity index (χ1v) is 14.5. The van der Waals surface area contributed by atoms with Crippen molar-refractivity contribution in [2.45, 2.75) is 39.3 Å². The molecule has 0 spiro atoms. The van der Waals surface area contributed by atoms with Gasteiger partial charge >= 0.3 is 0 Å². The SMILES string of the molecule is Cc1ncc(-c2ccn3c(-c4cccc(Br)n4)cnc3c2)n1COCC[Si](C)(C)C. The topological polar surface area (TPSA) is 57.2 Å². The number of hydrogen-bond acceptors (Lipinski definition) is 4. The lowest BCUT2D eigenvalue weighted by Crippen LogP contribution is -2.22. The lowest BCUT2D eigenvalue weighted by molar-refractivity contribution is 0.0868. The zero-order chi connectivity index (χ0) is 21.3. The van der Waals surface area contributed by atoms with Gasteiger partial charge in [-0.3, -0.25) is 4.40 Å². The van der Waals surface area contributed by atoms with Crippen LogP contribution in [0.4, 0.5) is 0 Å². The molecule has 156 valence electrons. The Morgan fingerprint density at radius 2 is 1.87 bits per heavy atom. The lowest BCUT2D eigenvalue weighted by atomic mass is 10.2. The zero-order valence-corrected chi connectivity index (χ0v) is 20.3. The molecule has 0 amide bonds. The molecule has 0 aliphatic heterocycles. The van der Waals surface area contributed by atoms with Gasteiger partial charge in [-0.05, 0) is 53.2 Å². The fourth-order valence-electron chi connectivity index (χ4n) is 3.28. The minimum atomic E-state index is -1.10. The maximum Gasteiger partial charge on any atom is 0.137 e. The average molecular weight is 484 g/mol. The molecule has 0 atom stereocenters. The van der Waals surface area contributed by atoms with Gasteiger partial charge in [-0.2, -0.15) is 0 Å². The molecule has 30 heavy (non-hydrogen) atoms. The van der Waals surface area contributed by atoms with E-state index in [1.165, 1.54) is 0 Å². The van der Waals surface area contributed by atoms with E-state index in [0.717, 1.165) is 51.4 Å². The number of aromatic nitrogens is 5. The predicted molar refractivity (Wildman–Crippen MR) is 126 cm³/mol. The van der Waals surface area contributed by atoms with E-state index in [0.29, 0.717) is 6.73 Å². The minimum Gasteiger partial charge on any atom is -0.361 e. The second kappa shape index (κ2) is 8.45. The van der Waals surface area contributed by atoms with Crippen LogP contribution in [0.1, 0.15) is 5.82 Å². The number of rotatable bonds is 7. The van der Waals surface area contributed by atoms with E-state index in [9.17, 15) is 0 Å². The third kappa shape index (κ3) is 4.55. The van der Waals surface area contributed by atoms with Gasteiger partial charge in [0.15, 0.2) is 0 Å². The van der Waals surface area contributed by atoms with Crippen molar-refractivity contribution >= 4 is 29.7 Å². The molecule has 8 heteroatoms. The molecule has 0 aliphatic rings. The smallest absolute Gasteiger partial charge is 0.137 e. The zero-order valence-electron chi connectivity index (χ0n) is 17.8. The van der Waals surface area contributed by atoms with Crippen molar-refractivity contribution < 1.29 is 4.74 Å². The van der Waals surface area contributed by atoms with Crippen LogP contribution in [0, 0.1) is 6.92 Å². The van der Waals surface area contributed by atoms with Crippen molar-refractivity contribution in [2.75, 3.05) is 6.61 Å².